The van der Waals surface area contributed by atoms with Gasteiger partial charge in [-0.25, -0.2) is 4.79 Å². The van der Waals surface area contributed by atoms with Crippen LogP contribution in [0.25, 0.3) is 0 Å². The number of aromatic nitrogens is 2. The molecule has 0 bridgehead atoms. The molecular weight excluding hydrogens is 334 g/mol. The molecule has 0 atom stereocenters. The molecule has 7 nitrogen and oxygen atoms in total. The number of halogens is 1. The summed E-state index contributed by atoms with van der Waals surface area (Å²) in [6, 6.07) is 4.61. The number of methoxy groups -OCH3 is 1. The van der Waals surface area contributed by atoms with Gasteiger partial charge in [-0.2, -0.15) is 4.98 Å². The summed E-state index contributed by atoms with van der Waals surface area (Å²) in [5.41, 5.74) is 0.653. The van der Waals surface area contributed by atoms with E-state index in [1.165, 1.54) is 19.2 Å². The van der Waals surface area contributed by atoms with E-state index in [9.17, 15) is 9.59 Å². The van der Waals surface area contributed by atoms with Gasteiger partial charge in [-0.3, -0.25) is 4.79 Å². The number of hydrogen-bond donors (Lipinski definition) is 1. The second-order valence-corrected chi connectivity index (χ2v) is 5.50. The third kappa shape index (κ3) is 4.79. The average Bonchev–Trinajstić information content (AvgIpc) is 3.02. The lowest BCUT2D eigenvalue weighted by atomic mass is 10.2. The van der Waals surface area contributed by atoms with Crippen molar-refractivity contribution in [1.82, 2.24) is 10.1 Å². The molecule has 0 spiro atoms. The molecule has 2 rings (SSSR count). The molecular formula is C16H18ClN3O4. The Kier molecular flexibility index (Phi) is 6.31. The zero-order chi connectivity index (χ0) is 17.5. The summed E-state index contributed by atoms with van der Waals surface area (Å²) in [7, 11) is 1.26. The van der Waals surface area contributed by atoms with Gasteiger partial charge in [0.1, 0.15) is 0 Å². The number of carbonyl (C=O) groups is 2. The maximum absolute atomic E-state index is 12.0. The van der Waals surface area contributed by atoms with Crippen LogP contribution in [0, 0.1) is 0 Å². The number of benzene rings is 1. The Morgan fingerprint density at radius 2 is 2.12 bits per heavy atom. The van der Waals surface area contributed by atoms with E-state index in [2.05, 4.69) is 20.2 Å². The molecule has 1 heterocycles. The van der Waals surface area contributed by atoms with Crippen molar-refractivity contribution in [1.29, 1.82) is 0 Å². The van der Waals surface area contributed by atoms with Gasteiger partial charge >= 0.3 is 5.97 Å². The molecule has 0 fully saturated rings. The number of aryl methyl sites for hydroxylation is 2. The van der Waals surface area contributed by atoms with E-state index >= 15 is 0 Å². The minimum atomic E-state index is -0.564. The Morgan fingerprint density at radius 3 is 2.83 bits per heavy atom. The first-order valence-electron chi connectivity index (χ1n) is 7.52. The molecule has 0 aliphatic rings. The van der Waals surface area contributed by atoms with Crippen LogP contribution in [-0.4, -0.2) is 29.1 Å². The lowest BCUT2D eigenvalue weighted by Gasteiger charge is -2.07. The van der Waals surface area contributed by atoms with Crippen LogP contribution in [-0.2, 0) is 22.4 Å². The summed E-state index contributed by atoms with van der Waals surface area (Å²) in [6.45, 7) is 2.03. The molecule has 1 amide bonds. The molecule has 0 saturated carbocycles. The Labute approximate surface area is 144 Å². The largest absolute Gasteiger partial charge is 0.465 e. The highest BCUT2D eigenvalue weighted by molar-refractivity contribution is 6.33. The fraction of sp³-hybridized carbons (Fsp3) is 0.375. The predicted octanol–water partition coefficient (Wildman–Crippen LogP) is 3.03. The molecule has 24 heavy (non-hydrogen) atoms. The van der Waals surface area contributed by atoms with Crippen molar-refractivity contribution in [3.05, 3.63) is 40.5 Å². The van der Waals surface area contributed by atoms with Gasteiger partial charge in [0.15, 0.2) is 5.82 Å². The normalized spacial score (nSPS) is 10.5. The van der Waals surface area contributed by atoms with Gasteiger partial charge in [0.2, 0.25) is 11.8 Å². The smallest absolute Gasteiger partial charge is 0.339 e. The molecule has 1 N–H and O–H groups in total. The number of nitrogens with zero attached hydrogens (tertiary/aromatic N) is 2. The van der Waals surface area contributed by atoms with Gasteiger partial charge in [-0.15, -0.1) is 0 Å². The molecule has 0 radical (unpaired) electrons. The molecule has 0 unspecified atom stereocenters. The van der Waals surface area contributed by atoms with Gasteiger partial charge in [-0.1, -0.05) is 23.7 Å². The highest BCUT2D eigenvalue weighted by atomic mass is 35.5. The topological polar surface area (TPSA) is 94.3 Å². The number of esters is 1. The van der Waals surface area contributed by atoms with Crippen LogP contribution in [0.1, 0.15) is 41.8 Å². The SMILES string of the molecule is CCCc1noc(CCC(=O)Nc2ccc(Cl)c(C(=O)OC)c2)n1. The zero-order valence-corrected chi connectivity index (χ0v) is 14.2. The van der Waals surface area contributed by atoms with Gasteiger partial charge in [0.05, 0.1) is 17.7 Å². The Balaban J connectivity index is 1.93. The summed E-state index contributed by atoms with van der Waals surface area (Å²) >= 11 is 5.93. The van der Waals surface area contributed by atoms with Crippen molar-refractivity contribution in [2.45, 2.75) is 32.6 Å². The maximum Gasteiger partial charge on any atom is 0.339 e. The van der Waals surface area contributed by atoms with Crippen LogP contribution in [0.2, 0.25) is 5.02 Å². The van der Waals surface area contributed by atoms with Gasteiger partial charge in [0, 0.05) is 24.9 Å². The number of nitrogens with one attached hydrogen (secondary N) is 1. The van der Waals surface area contributed by atoms with Crippen LogP contribution in [0.15, 0.2) is 22.7 Å². The third-order valence-corrected chi connectivity index (χ3v) is 3.53. The number of rotatable bonds is 7. The zero-order valence-electron chi connectivity index (χ0n) is 13.5. The van der Waals surface area contributed by atoms with E-state index in [1.807, 2.05) is 6.92 Å². The molecule has 128 valence electrons. The minimum Gasteiger partial charge on any atom is -0.465 e. The minimum absolute atomic E-state index is 0.184. The summed E-state index contributed by atoms with van der Waals surface area (Å²) < 4.78 is 9.72. The summed E-state index contributed by atoms with van der Waals surface area (Å²) in [5, 5.41) is 6.79. The van der Waals surface area contributed by atoms with Crippen LogP contribution in [0.4, 0.5) is 5.69 Å². The van der Waals surface area contributed by atoms with Crippen LogP contribution >= 0.6 is 11.6 Å². The molecule has 8 heteroatoms. The summed E-state index contributed by atoms with van der Waals surface area (Å²) in [4.78, 5) is 27.8. The van der Waals surface area contributed by atoms with Crippen molar-refractivity contribution in [2.75, 3.05) is 12.4 Å². The van der Waals surface area contributed by atoms with E-state index < -0.39 is 5.97 Å². The van der Waals surface area contributed by atoms with E-state index in [4.69, 9.17) is 16.1 Å². The number of ether oxygens (including phenoxy) is 1. The van der Waals surface area contributed by atoms with Crippen molar-refractivity contribution < 1.29 is 18.8 Å². The van der Waals surface area contributed by atoms with E-state index in [1.54, 1.807) is 6.07 Å². The van der Waals surface area contributed by atoms with Crippen LogP contribution in [0.5, 0.6) is 0 Å². The first-order chi connectivity index (χ1) is 11.5. The fourth-order valence-electron chi connectivity index (χ4n) is 2.03. The first kappa shape index (κ1) is 17.9. The molecule has 0 aliphatic heterocycles. The number of anilines is 1. The monoisotopic (exact) mass is 351 g/mol. The van der Waals surface area contributed by atoms with Crippen molar-refractivity contribution in [2.24, 2.45) is 0 Å². The standard InChI is InChI=1S/C16H18ClN3O4/c1-3-4-13-19-15(24-20-13)8-7-14(21)18-10-5-6-12(17)11(9-10)16(22)23-2/h5-6,9H,3-4,7-8H2,1-2H3,(H,18,21). The average molecular weight is 352 g/mol. The van der Waals surface area contributed by atoms with Crippen molar-refractivity contribution in [3.8, 4) is 0 Å². The highest BCUT2D eigenvalue weighted by Crippen LogP contribution is 2.21. The van der Waals surface area contributed by atoms with Gasteiger partial charge in [-0.05, 0) is 24.6 Å². The summed E-state index contributed by atoms with van der Waals surface area (Å²) in [5.74, 6) is 0.280. The van der Waals surface area contributed by atoms with Gasteiger partial charge in [0.25, 0.3) is 0 Å². The molecule has 1 aromatic heterocycles. The quantitative estimate of drug-likeness (QED) is 0.770. The Bertz CT molecular complexity index is 730. The van der Waals surface area contributed by atoms with Crippen LogP contribution < -0.4 is 5.32 Å². The van der Waals surface area contributed by atoms with Crippen molar-refractivity contribution in [3.63, 3.8) is 0 Å². The lowest BCUT2D eigenvalue weighted by molar-refractivity contribution is -0.116. The second-order valence-electron chi connectivity index (χ2n) is 5.09. The third-order valence-electron chi connectivity index (χ3n) is 3.21. The number of carbonyl (C=O) groups excluding carboxylic acids is 2. The fourth-order valence-corrected chi connectivity index (χ4v) is 2.22. The van der Waals surface area contributed by atoms with Crippen molar-refractivity contribution >= 4 is 29.2 Å². The highest BCUT2D eigenvalue weighted by Gasteiger charge is 2.13. The Morgan fingerprint density at radius 1 is 1.33 bits per heavy atom. The van der Waals surface area contributed by atoms with Gasteiger partial charge < -0.3 is 14.6 Å². The maximum atomic E-state index is 12.0. The van der Waals surface area contributed by atoms with E-state index in [-0.39, 0.29) is 22.9 Å². The van der Waals surface area contributed by atoms with E-state index in [0.29, 0.717) is 23.8 Å². The molecule has 0 aliphatic carbocycles. The first-order valence-corrected chi connectivity index (χ1v) is 7.90. The van der Waals surface area contributed by atoms with E-state index in [0.717, 1.165) is 12.8 Å². The molecule has 0 saturated heterocycles. The number of amides is 1. The Hall–Kier alpha value is -2.41. The second kappa shape index (κ2) is 8.44. The predicted molar refractivity (Wildman–Crippen MR) is 88.0 cm³/mol. The number of hydrogen-bond acceptors (Lipinski definition) is 6. The van der Waals surface area contributed by atoms with Crippen LogP contribution in [0.3, 0.4) is 0 Å². The summed E-state index contributed by atoms with van der Waals surface area (Å²) in [6.07, 6.45) is 2.21. The molecule has 2 aromatic rings. The molecule has 1 aromatic carbocycles. The lowest BCUT2D eigenvalue weighted by Crippen LogP contribution is -2.13.